The molecule has 1 fully saturated rings. The third-order valence-electron chi connectivity index (χ3n) is 7.36. The first-order valence-corrected chi connectivity index (χ1v) is 16.1. The van der Waals surface area contributed by atoms with Crippen molar-refractivity contribution in [2.45, 2.75) is 48.8 Å². The molecule has 1 aromatic carbocycles. The van der Waals surface area contributed by atoms with Gasteiger partial charge in [-0.25, -0.2) is 18.6 Å². The highest BCUT2D eigenvalue weighted by Gasteiger charge is 2.66. The number of hydrogen-bond donors (Lipinski definition) is 2. The molecule has 4 heterocycles. The number of nitrogens with one attached hydrogen (secondary N) is 2. The molecule has 0 bridgehead atoms. The summed E-state index contributed by atoms with van der Waals surface area (Å²) in [6, 6.07) is 12.7. The molecular formula is C29H26ClF5N5O3S2+. The number of carbonyl (C=O) groups excluding carboxylic acids is 1. The number of hydrogen-bond acceptors (Lipinski definition) is 7. The van der Waals surface area contributed by atoms with Gasteiger partial charge in [-0.15, -0.1) is 15.2 Å². The Balaban J connectivity index is 1.47. The van der Waals surface area contributed by atoms with E-state index in [1.54, 1.807) is 30.5 Å². The van der Waals surface area contributed by atoms with Crippen LogP contribution in [-0.2, 0) is 29.3 Å². The molecular weight excluding hydrogens is 661 g/mol. The van der Waals surface area contributed by atoms with Gasteiger partial charge < -0.3 is 10.6 Å². The first kappa shape index (κ1) is 32.7. The highest BCUT2D eigenvalue weighted by molar-refractivity contribution is 7.88. The number of amides is 2. The third-order valence-corrected chi connectivity index (χ3v) is 11.4. The van der Waals surface area contributed by atoms with Crippen LogP contribution in [0.4, 0.5) is 32.6 Å². The van der Waals surface area contributed by atoms with Gasteiger partial charge in [-0.2, -0.15) is 21.6 Å². The molecule has 1 aliphatic heterocycles. The minimum atomic E-state index is -4.66. The average molecular weight is 687 g/mol. The predicted molar refractivity (Wildman–Crippen MR) is 159 cm³/mol. The lowest BCUT2D eigenvalue weighted by Crippen LogP contribution is -2.62. The fraction of sp³-hybridized carbons (Fsp3) is 0.276. The number of nitrogens with zero attached hydrogens (tertiary/aromatic N) is 3. The number of rotatable bonds is 8. The number of halogens is 6. The van der Waals surface area contributed by atoms with Crippen molar-refractivity contribution in [2.75, 3.05) is 11.9 Å². The van der Waals surface area contributed by atoms with Gasteiger partial charge in [0.05, 0.1) is 34.3 Å². The highest BCUT2D eigenvalue weighted by Crippen LogP contribution is 2.44. The Morgan fingerprint density at radius 2 is 1.82 bits per heavy atom. The fourth-order valence-corrected chi connectivity index (χ4v) is 8.95. The molecule has 238 valence electrons. The van der Waals surface area contributed by atoms with E-state index in [1.807, 2.05) is 0 Å². The standard InChI is InChI=1S/C29H25ClF5N5O3S2/c1-18-14-28(31,32)17-40(18,45(42,43)26-10-9-24(30)44-26)27(41)38-15-19-12-23(20-5-7-21(8-6-20)29(33,34)35)39-25(13-19)37-16-22-4-2-3-11-36-22/h2-13,18H,14-17H2,1H3,(H-,37,38,39,41)/p+1/t18-,40?/m1/s1. The number of sulfonamides is 1. The molecule has 2 atom stereocenters. The smallest absolute Gasteiger partial charge is 0.364 e. The topological polar surface area (TPSA) is 101 Å². The molecule has 1 unspecified atom stereocenters. The summed E-state index contributed by atoms with van der Waals surface area (Å²) in [6.07, 6.45) is -3.76. The third kappa shape index (κ3) is 6.81. The number of quaternary nitrogens is 1. The van der Waals surface area contributed by atoms with Crippen LogP contribution in [0.25, 0.3) is 11.3 Å². The molecule has 0 saturated carbocycles. The summed E-state index contributed by atoms with van der Waals surface area (Å²) in [5, 5.41) is 5.60. The average Bonchev–Trinajstić information content (AvgIpc) is 3.55. The normalized spacial score (nSPS) is 19.8. The monoisotopic (exact) mass is 686 g/mol. The maximum absolute atomic E-state index is 14.7. The second-order valence-electron chi connectivity index (χ2n) is 10.6. The molecule has 1 saturated heterocycles. The summed E-state index contributed by atoms with van der Waals surface area (Å²) >= 11 is 6.60. The summed E-state index contributed by atoms with van der Waals surface area (Å²) in [7, 11) is -4.66. The minimum absolute atomic E-state index is 0.115. The lowest BCUT2D eigenvalue weighted by Gasteiger charge is -2.32. The van der Waals surface area contributed by atoms with Crippen molar-refractivity contribution in [3.8, 4) is 11.3 Å². The van der Waals surface area contributed by atoms with Crippen LogP contribution in [0.1, 0.15) is 30.2 Å². The van der Waals surface area contributed by atoms with Crippen molar-refractivity contribution in [3.05, 3.63) is 94.1 Å². The molecule has 0 aliphatic carbocycles. The zero-order valence-electron chi connectivity index (χ0n) is 23.5. The van der Waals surface area contributed by atoms with Gasteiger partial charge in [0.2, 0.25) is 0 Å². The molecule has 45 heavy (non-hydrogen) atoms. The van der Waals surface area contributed by atoms with Crippen LogP contribution in [0.2, 0.25) is 4.34 Å². The first-order valence-electron chi connectivity index (χ1n) is 13.5. The van der Waals surface area contributed by atoms with Crippen molar-refractivity contribution in [1.82, 2.24) is 15.3 Å². The summed E-state index contributed by atoms with van der Waals surface area (Å²) in [5.41, 5.74) is 0.797. The van der Waals surface area contributed by atoms with Crippen molar-refractivity contribution in [3.63, 3.8) is 0 Å². The van der Waals surface area contributed by atoms with E-state index in [2.05, 4.69) is 20.6 Å². The number of alkyl halides is 5. The number of likely N-dealkylation sites (tertiary alicyclic amines) is 1. The number of thiophene rings is 1. The van der Waals surface area contributed by atoms with E-state index in [4.69, 9.17) is 11.6 Å². The lowest BCUT2D eigenvalue weighted by atomic mass is 10.1. The van der Waals surface area contributed by atoms with Crippen LogP contribution in [0.3, 0.4) is 0 Å². The number of aromatic nitrogens is 2. The molecule has 0 radical (unpaired) electrons. The molecule has 16 heteroatoms. The maximum atomic E-state index is 14.7. The molecule has 0 spiro atoms. The summed E-state index contributed by atoms with van der Waals surface area (Å²) in [5.74, 6) is -3.15. The number of urea groups is 1. The Kier molecular flexibility index (Phi) is 8.92. The Morgan fingerprint density at radius 3 is 2.40 bits per heavy atom. The van der Waals surface area contributed by atoms with Gasteiger partial charge in [-0.3, -0.25) is 4.98 Å². The Hall–Kier alpha value is -3.66. The molecule has 2 N–H and O–H groups in total. The largest absolute Gasteiger partial charge is 0.432 e. The van der Waals surface area contributed by atoms with Crippen molar-refractivity contribution in [2.24, 2.45) is 0 Å². The number of anilines is 1. The van der Waals surface area contributed by atoms with Crippen LogP contribution in [0, 0.1) is 0 Å². The quantitative estimate of drug-likeness (QED) is 0.149. The zero-order valence-corrected chi connectivity index (χ0v) is 25.9. The summed E-state index contributed by atoms with van der Waals surface area (Å²) < 4.78 is 94.6. The SMILES string of the molecule is C[C@@H]1CC(F)(F)C[N+]1(C(=O)NCc1cc(NCc2ccccn2)nc(-c2ccc(C(F)(F)F)cc2)c1)S(=O)(=O)c1ccc(Cl)s1. The molecule has 5 rings (SSSR count). The van der Waals surface area contributed by atoms with Crippen molar-refractivity contribution in [1.29, 1.82) is 0 Å². The first-order chi connectivity index (χ1) is 21.1. The Labute approximate surface area is 264 Å². The molecule has 8 nitrogen and oxygen atoms in total. The summed E-state index contributed by atoms with van der Waals surface area (Å²) in [4.78, 5) is 22.4. The van der Waals surface area contributed by atoms with Crippen molar-refractivity contribution >= 4 is 44.8 Å². The Bertz CT molecular complexity index is 1800. The molecule has 1 aliphatic rings. The Morgan fingerprint density at radius 1 is 1.09 bits per heavy atom. The maximum Gasteiger partial charge on any atom is 0.432 e. The van der Waals surface area contributed by atoms with Crippen LogP contribution in [0.15, 0.2) is 77.1 Å². The van der Waals surface area contributed by atoms with Gasteiger partial charge in [-0.05, 0) is 61.0 Å². The molecule has 3 aromatic heterocycles. The van der Waals surface area contributed by atoms with Gasteiger partial charge >= 0.3 is 28.2 Å². The number of benzene rings is 1. The van der Waals surface area contributed by atoms with E-state index in [-0.39, 0.29) is 33.1 Å². The van der Waals surface area contributed by atoms with E-state index >= 15 is 0 Å². The van der Waals surface area contributed by atoms with E-state index in [0.717, 1.165) is 12.1 Å². The van der Waals surface area contributed by atoms with Crippen LogP contribution < -0.4 is 10.6 Å². The van der Waals surface area contributed by atoms with Crippen LogP contribution in [0.5, 0.6) is 0 Å². The second-order valence-corrected chi connectivity index (χ2v) is 14.6. The van der Waals surface area contributed by atoms with Gasteiger partial charge in [-0.1, -0.05) is 29.8 Å². The van der Waals surface area contributed by atoms with Gasteiger partial charge in [0.1, 0.15) is 11.9 Å². The molecule has 4 aromatic rings. The molecule has 2 amide bonds. The van der Waals surface area contributed by atoms with E-state index in [1.165, 1.54) is 37.3 Å². The van der Waals surface area contributed by atoms with E-state index < -0.39 is 56.6 Å². The van der Waals surface area contributed by atoms with Gasteiger partial charge in [0, 0.05) is 18.3 Å². The van der Waals surface area contributed by atoms with E-state index in [0.29, 0.717) is 28.2 Å². The van der Waals surface area contributed by atoms with E-state index in [9.17, 15) is 35.2 Å². The number of carbonyl (C=O) groups is 1. The van der Waals surface area contributed by atoms with Crippen LogP contribution >= 0.6 is 22.9 Å². The second kappa shape index (κ2) is 12.3. The van der Waals surface area contributed by atoms with Gasteiger partial charge in [0.15, 0.2) is 10.8 Å². The zero-order chi connectivity index (χ0) is 32.6. The lowest BCUT2D eigenvalue weighted by molar-refractivity contribution is -0.738. The number of pyridine rings is 2. The van der Waals surface area contributed by atoms with Gasteiger partial charge in [0.25, 0.3) is 0 Å². The van der Waals surface area contributed by atoms with Crippen LogP contribution in [-0.4, -0.2) is 46.8 Å². The summed E-state index contributed by atoms with van der Waals surface area (Å²) in [6.45, 7) is -0.0412. The predicted octanol–water partition coefficient (Wildman–Crippen LogP) is 7.33. The minimum Gasteiger partial charge on any atom is -0.364 e. The van der Waals surface area contributed by atoms with Crippen molar-refractivity contribution < 1.29 is 39.1 Å². The highest BCUT2D eigenvalue weighted by atomic mass is 35.5. The fourth-order valence-electron chi connectivity index (χ4n) is 5.20.